The molecule has 0 spiro atoms. The van der Waals surface area contributed by atoms with Gasteiger partial charge < -0.3 is 9.13 Å². The molecule has 0 bridgehead atoms. The zero-order valence-corrected chi connectivity index (χ0v) is 22.9. The fourth-order valence-electron chi connectivity index (χ4n) is 6.93. The van der Waals surface area contributed by atoms with Gasteiger partial charge in [-0.15, -0.1) is 0 Å². The Labute approximate surface area is 243 Å². The monoisotopic (exact) mass is 534 g/mol. The van der Waals surface area contributed by atoms with Crippen molar-refractivity contribution in [3.8, 4) is 22.5 Å². The second kappa shape index (κ2) is 8.95. The van der Waals surface area contributed by atoms with Gasteiger partial charge in [0.05, 0.1) is 22.1 Å². The van der Waals surface area contributed by atoms with Gasteiger partial charge in [-0.2, -0.15) is 0 Å². The Morgan fingerprint density at radius 1 is 0.286 bits per heavy atom. The first-order valence-electron chi connectivity index (χ1n) is 14.5. The number of aromatic nitrogens is 2. The molecule has 0 saturated heterocycles. The van der Waals surface area contributed by atoms with Crippen LogP contribution in [0.2, 0.25) is 0 Å². The Hall–Kier alpha value is -5.60. The summed E-state index contributed by atoms with van der Waals surface area (Å²) in [7, 11) is 0. The second-order valence-electron chi connectivity index (χ2n) is 11.0. The number of rotatable bonds is 3. The maximum atomic E-state index is 2.42. The lowest BCUT2D eigenvalue weighted by Crippen LogP contribution is -1.94. The van der Waals surface area contributed by atoms with Crippen LogP contribution in [-0.4, -0.2) is 9.13 Å². The minimum atomic E-state index is 1.17. The SMILES string of the molecule is c1ccc(-c2cccc(-n3c4ccccc4c4c5ccc6c(c5ccc43)c3ccccc3n6-c3ccccc3)c2)cc1. The van der Waals surface area contributed by atoms with E-state index in [1.165, 1.54) is 76.9 Å². The van der Waals surface area contributed by atoms with E-state index in [1.807, 2.05) is 0 Å². The highest BCUT2D eigenvalue weighted by Gasteiger charge is 2.19. The van der Waals surface area contributed by atoms with E-state index in [9.17, 15) is 0 Å². The second-order valence-corrected chi connectivity index (χ2v) is 11.0. The third-order valence-corrected chi connectivity index (χ3v) is 8.69. The molecule has 0 aliphatic rings. The van der Waals surface area contributed by atoms with Crippen molar-refractivity contribution in [3.63, 3.8) is 0 Å². The van der Waals surface area contributed by atoms with E-state index in [0.29, 0.717) is 0 Å². The molecule has 0 aliphatic heterocycles. The third-order valence-electron chi connectivity index (χ3n) is 8.69. The summed E-state index contributed by atoms with van der Waals surface area (Å²) < 4.78 is 4.82. The summed E-state index contributed by atoms with van der Waals surface area (Å²) in [6, 6.07) is 57.1. The fraction of sp³-hybridized carbons (Fsp3) is 0. The van der Waals surface area contributed by atoms with Crippen molar-refractivity contribution in [2.24, 2.45) is 0 Å². The summed E-state index contributed by atoms with van der Waals surface area (Å²) in [5.41, 5.74) is 9.69. The molecule has 7 aromatic carbocycles. The zero-order chi connectivity index (χ0) is 27.6. The van der Waals surface area contributed by atoms with Crippen LogP contribution >= 0.6 is 0 Å². The fourth-order valence-corrected chi connectivity index (χ4v) is 6.93. The maximum Gasteiger partial charge on any atom is 0.0547 e. The van der Waals surface area contributed by atoms with Crippen LogP contribution in [0.3, 0.4) is 0 Å². The number of hydrogen-bond acceptors (Lipinski definition) is 0. The Bertz CT molecular complexity index is 2440. The summed E-state index contributed by atoms with van der Waals surface area (Å²) in [5.74, 6) is 0. The molecule has 0 N–H and O–H groups in total. The van der Waals surface area contributed by atoms with Gasteiger partial charge in [0.15, 0.2) is 0 Å². The Kier molecular flexibility index (Phi) is 4.93. The minimum absolute atomic E-state index is 1.17. The molecule has 2 heteroatoms. The lowest BCUT2D eigenvalue weighted by atomic mass is 9.99. The van der Waals surface area contributed by atoms with Gasteiger partial charge in [-0.3, -0.25) is 0 Å². The van der Waals surface area contributed by atoms with Gasteiger partial charge in [0.1, 0.15) is 0 Å². The van der Waals surface area contributed by atoms with Gasteiger partial charge in [0, 0.05) is 32.9 Å². The molecule has 0 amide bonds. The first-order chi connectivity index (χ1) is 20.9. The van der Waals surface area contributed by atoms with E-state index in [2.05, 4.69) is 167 Å². The number of para-hydroxylation sites is 3. The topological polar surface area (TPSA) is 9.86 Å². The quantitative estimate of drug-likeness (QED) is 0.213. The predicted molar refractivity (Wildman–Crippen MR) is 178 cm³/mol. The smallest absolute Gasteiger partial charge is 0.0547 e. The van der Waals surface area contributed by atoms with Crippen molar-refractivity contribution in [1.29, 1.82) is 0 Å². The summed E-state index contributed by atoms with van der Waals surface area (Å²) in [5, 5.41) is 7.72. The average molecular weight is 535 g/mol. The van der Waals surface area contributed by atoms with E-state index in [1.54, 1.807) is 0 Å². The molecular formula is C40H26N2. The highest BCUT2D eigenvalue weighted by atomic mass is 15.0. The summed E-state index contributed by atoms with van der Waals surface area (Å²) in [6.45, 7) is 0. The van der Waals surface area contributed by atoms with Gasteiger partial charge in [-0.25, -0.2) is 0 Å². The number of benzene rings is 7. The normalized spacial score (nSPS) is 11.8. The molecule has 9 aromatic rings. The van der Waals surface area contributed by atoms with Crippen LogP contribution in [0.1, 0.15) is 0 Å². The first-order valence-corrected chi connectivity index (χ1v) is 14.5. The molecule has 0 atom stereocenters. The van der Waals surface area contributed by atoms with E-state index in [-0.39, 0.29) is 0 Å². The molecule has 0 fully saturated rings. The Morgan fingerprint density at radius 2 is 0.762 bits per heavy atom. The molecule has 9 rings (SSSR count). The largest absolute Gasteiger partial charge is 0.309 e. The molecule has 0 saturated carbocycles. The summed E-state index contributed by atoms with van der Waals surface area (Å²) in [4.78, 5) is 0. The molecule has 42 heavy (non-hydrogen) atoms. The van der Waals surface area contributed by atoms with Crippen molar-refractivity contribution in [2.75, 3.05) is 0 Å². The molecule has 2 nitrogen and oxygen atoms in total. The van der Waals surface area contributed by atoms with Gasteiger partial charge in [0.2, 0.25) is 0 Å². The van der Waals surface area contributed by atoms with Crippen molar-refractivity contribution >= 4 is 54.4 Å². The highest BCUT2D eigenvalue weighted by Crippen LogP contribution is 2.42. The molecule has 196 valence electrons. The van der Waals surface area contributed by atoms with E-state index in [0.717, 1.165) is 0 Å². The van der Waals surface area contributed by atoms with Crippen molar-refractivity contribution < 1.29 is 0 Å². The van der Waals surface area contributed by atoms with Crippen molar-refractivity contribution in [3.05, 3.63) is 158 Å². The van der Waals surface area contributed by atoms with Crippen LogP contribution in [-0.2, 0) is 0 Å². The van der Waals surface area contributed by atoms with Gasteiger partial charge in [-0.1, -0.05) is 109 Å². The zero-order valence-electron chi connectivity index (χ0n) is 22.9. The van der Waals surface area contributed by atoms with Crippen molar-refractivity contribution in [2.45, 2.75) is 0 Å². The van der Waals surface area contributed by atoms with E-state index in [4.69, 9.17) is 0 Å². The maximum absolute atomic E-state index is 2.42. The molecule has 2 aromatic heterocycles. The molecule has 0 unspecified atom stereocenters. The number of fused-ring (bicyclic) bond motifs is 9. The average Bonchev–Trinajstić information content (AvgIpc) is 3.59. The van der Waals surface area contributed by atoms with E-state index >= 15 is 0 Å². The van der Waals surface area contributed by atoms with Crippen molar-refractivity contribution in [1.82, 2.24) is 9.13 Å². The van der Waals surface area contributed by atoms with Crippen LogP contribution < -0.4 is 0 Å². The van der Waals surface area contributed by atoms with Crippen LogP contribution in [0.25, 0.3) is 76.9 Å². The lowest BCUT2D eigenvalue weighted by Gasteiger charge is -2.11. The molecule has 0 radical (unpaired) electrons. The van der Waals surface area contributed by atoms with Gasteiger partial charge in [0.25, 0.3) is 0 Å². The standard InChI is InChI=1S/C40H26N2/c1-3-12-27(13-4-1)28-14-11-17-30(26-28)42-36-21-10-8-19-34(36)40-32-22-24-37-39(31(32)23-25-38(40)42)33-18-7-9-20-35(33)41(37)29-15-5-2-6-16-29/h1-26H. The predicted octanol–water partition coefficient (Wildman–Crippen LogP) is 10.7. The number of hydrogen-bond donors (Lipinski definition) is 0. The Morgan fingerprint density at radius 3 is 1.38 bits per heavy atom. The van der Waals surface area contributed by atoms with Crippen LogP contribution in [0.15, 0.2) is 158 Å². The molecule has 2 heterocycles. The first kappa shape index (κ1) is 23.1. The van der Waals surface area contributed by atoms with Crippen LogP contribution in [0.4, 0.5) is 0 Å². The summed E-state index contributed by atoms with van der Waals surface area (Å²) >= 11 is 0. The molecule has 0 aliphatic carbocycles. The minimum Gasteiger partial charge on any atom is -0.309 e. The van der Waals surface area contributed by atoms with Gasteiger partial charge in [-0.05, 0) is 70.4 Å². The number of nitrogens with zero attached hydrogens (tertiary/aromatic N) is 2. The molecular weight excluding hydrogens is 508 g/mol. The van der Waals surface area contributed by atoms with Gasteiger partial charge >= 0.3 is 0 Å². The highest BCUT2D eigenvalue weighted by molar-refractivity contribution is 6.29. The summed E-state index contributed by atoms with van der Waals surface area (Å²) in [6.07, 6.45) is 0. The third kappa shape index (κ3) is 3.27. The lowest BCUT2D eigenvalue weighted by molar-refractivity contribution is 1.18. The van der Waals surface area contributed by atoms with Crippen LogP contribution in [0, 0.1) is 0 Å². The van der Waals surface area contributed by atoms with Crippen LogP contribution in [0.5, 0.6) is 0 Å². The van der Waals surface area contributed by atoms with E-state index < -0.39 is 0 Å². The Balaban J connectivity index is 1.38.